The number of rotatable bonds is 7. The van der Waals surface area contributed by atoms with Crippen LogP contribution < -0.4 is 4.74 Å². The Morgan fingerprint density at radius 2 is 2.00 bits per heavy atom. The maximum absolute atomic E-state index is 11.9. The maximum atomic E-state index is 11.9. The van der Waals surface area contributed by atoms with E-state index in [2.05, 4.69) is 24.0 Å². The van der Waals surface area contributed by atoms with Gasteiger partial charge in [0, 0.05) is 6.20 Å². The molecule has 0 aliphatic carbocycles. The molecule has 0 radical (unpaired) electrons. The zero-order valence-electron chi connectivity index (χ0n) is 13.0. The lowest BCUT2D eigenvalue weighted by atomic mass is 9.94. The van der Waals surface area contributed by atoms with Crippen molar-refractivity contribution in [2.45, 2.75) is 26.2 Å². The van der Waals surface area contributed by atoms with Gasteiger partial charge in [0.05, 0.1) is 12.6 Å². The van der Waals surface area contributed by atoms with Crippen LogP contribution in [-0.2, 0) is 9.53 Å². The molecule has 1 heterocycles. The van der Waals surface area contributed by atoms with Gasteiger partial charge in [-0.25, -0.2) is 0 Å². The Morgan fingerprint density at radius 1 is 1.18 bits per heavy atom. The molecule has 0 aliphatic rings. The van der Waals surface area contributed by atoms with Crippen molar-refractivity contribution in [3.63, 3.8) is 0 Å². The number of carbonyl (C=O) groups excluding carboxylic acids is 1. The number of pyridine rings is 1. The van der Waals surface area contributed by atoms with Crippen LogP contribution in [0.1, 0.15) is 30.4 Å². The highest BCUT2D eigenvalue weighted by Crippen LogP contribution is 2.22. The van der Waals surface area contributed by atoms with Crippen LogP contribution >= 0.6 is 0 Å². The first-order valence-corrected chi connectivity index (χ1v) is 7.41. The number of benzene rings is 1. The molecule has 0 fully saturated rings. The van der Waals surface area contributed by atoms with Crippen LogP contribution in [-0.4, -0.2) is 24.2 Å². The summed E-state index contributed by atoms with van der Waals surface area (Å²) in [4.78, 5) is 15.8. The summed E-state index contributed by atoms with van der Waals surface area (Å²) in [6.07, 6.45) is 3.68. The zero-order chi connectivity index (χ0) is 15.8. The van der Waals surface area contributed by atoms with E-state index in [4.69, 9.17) is 9.47 Å². The van der Waals surface area contributed by atoms with E-state index in [1.54, 1.807) is 18.5 Å². The van der Waals surface area contributed by atoms with E-state index in [-0.39, 0.29) is 18.5 Å². The van der Waals surface area contributed by atoms with Gasteiger partial charge in [0.25, 0.3) is 0 Å². The molecule has 4 nitrogen and oxygen atoms in total. The molecule has 0 saturated heterocycles. The summed E-state index contributed by atoms with van der Waals surface area (Å²) in [5.41, 5.74) is 2.38. The second-order valence-electron chi connectivity index (χ2n) is 5.22. The number of hydrogen-bond acceptors (Lipinski definition) is 4. The lowest BCUT2D eigenvalue weighted by Gasteiger charge is -2.14. The van der Waals surface area contributed by atoms with Crippen molar-refractivity contribution in [1.82, 2.24) is 4.98 Å². The largest absolute Gasteiger partial charge is 0.488 e. The highest BCUT2D eigenvalue weighted by Gasteiger charge is 2.13. The van der Waals surface area contributed by atoms with Gasteiger partial charge in [-0.3, -0.25) is 9.78 Å². The Balaban J connectivity index is 1.71. The summed E-state index contributed by atoms with van der Waals surface area (Å²) in [6, 6.07) is 11.7. The molecule has 0 N–H and O–H groups in total. The fourth-order valence-corrected chi connectivity index (χ4v) is 2.31. The van der Waals surface area contributed by atoms with Crippen LogP contribution in [0, 0.1) is 6.92 Å². The quantitative estimate of drug-likeness (QED) is 0.580. The van der Waals surface area contributed by atoms with Gasteiger partial charge in [0.2, 0.25) is 0 Å². The van der Waals surface area contributed by atoms with Crippen molar-refractivity contribution in [2.24, 2.45) is 0 Å². The Labute approximate surface area is 131 Å². The van der Waals surface area contributed by atoms with Crippen LogP contribution in [0.4, 0.5) is 0 Å². The van der Waals surface area contributed by atoms with Crippen molar-refractivity contribution in [2.75, 3.05) is 13.2 Å². The summed E-state index contributed by atoms with van der Waals surface area (Å²) < 4.78 is 10.6. The number of aromatic nitrogens is 1. The topological polar surface area (TPSA) is 48.4 Å². The van der Waals surface area contributed by atoms with Crippen molar-refractivity contribution >= 4 is 5.97 Å². The predicted octanol–water partition coefficient (Wildman–Crippen LogP) is 3.51. The molecule has 0 spiro atoms. The number of aryl methyl sites for hydroxylation is 1. The summed E-state index contributed by atoms with van der Waals surface area (Å²) in [5.74, 6) is 0.616. The number of ether oxygens (including phenoxy) is 2. The van der Waals surface area contributed by atoms with Gasteiger partial charge >= 0.3 is 5.97 Å². The molecular formula is C18H21NO3. The maximum Gasteiger partial charge on any atom is 0.306 e. The van der Waals surface area contributed by atoms with Crippen LogP contribution in [0.2, 0.25) is 0 Å². The van der Waals surface area contributed by atoms with Crippen LogP contribution in [0.3, 0.4) is 0 Å². The highest BCUT2D eigenvalue weighted by atomic mass is 16.6. The van der Waals surface area contributed by atoms with E-state index in [0.29, 0.717) is 18.8 Å². The van der Waals surface area contributed by atoms with E-state index in [1.165, 1.54) is 11.1 Å². The minimum absolute atomic E-state index is 0.146. The lowest BCUT2D eigenvalue weighted by molar-refractivity contribution is -0.144. The van der Waals surface area contributed by atoms with Gasteiger partial charge in [-0.1, -0.05) is 31.2 Å². The van der Waals surface area contributed by atoms with Gasteiger partial charge in [0.15, 0.2) is 0 Å². The molecule has 1 unspecified atom stereocenters. The summed E-state index contributed by atoms with van der Waals surface area (Å²) >= 11 is 0. The lowest BCUT2D eigenvalue weighted by Crippen LogP contribution is -2.14. The zero-order valence-corrected chi connectivity index (χ0v) is 13.0. The highest BCUT2D eigenvalue weighted by molar-refractivity contribution is 5.70. The number of carbonyl (C=O) groups is 1. The molecule has 2 rings (SSSR count). The summed E-state index contributed by atoms with van der Waals surface area (Å²) in [5, 5.41) is 0. The molecule has 0 aliphatic heterocycles. The van der Waals surface area contributed by atoms with Gasteiger partial charge < -0.3 is 9.47 Å². The van der Waals surface area contributed by atoms with Gasteiger partial charge in [-0.15, -0.1) is 0 Å². The van der Waals surface area contributed by atoms with Gasteiger partial charge in [0.1, 0.15) is 19.0 Å². The van der Waals surface area contributed by atoms with E-state index >= 15 is 0 Å². The molecule has 22 heavy (non-hydrogen) atoms. The standard InChI is InChI=1S/C18H21NO3/c1-14-6-3-4-8-17(14)15(2)12-18(20)22-11-10-21-16-7-5-9-19-13-16/h3-9,13,15H,10-12H2,1-2H3. The van der Waals surface area contributed by atoms with Gasteiger partial charge in [-0.05, 0) is 36.1 Å². The minimum Gasteiger partial charge on any atom is -0.488 e. The Morgan fingerprint density at radius 3 is 2.73 bits per heavy atom. The molecule has 2 aromatic rings. The number of hydrogen-bond donors (Lipinski definition) is 0. The number of nitrogens with zero attached hydrogens (tertiary/aromatic N) is 1. The first kappa shape index (κ1) is 16.0. The van der Waals surface area contributed by atoms with E-state index in [0.717, 1.165) is 0 Å². The van der Waals surface area contributed by atoms with Crippen molar-refractivity contribution in [3.05, 3.63) is 59.9 Å². The fraction of sp³-hybridized carbons (Fsp3) is 0.333. The van der Waals surface area contributed by atoms with Crippen molar-refractivity contribution in [1.29, 1.82) is 0 Å². The second-order valence-corrected chi connectivity index (χ2v) is 5.22. The molecule has 0 saturated carbocycles. The van der Waals surface area contributed by atoms with Crippen LogP contribution in [0.5, 0.6) is 5.75 Å². The molecule has 4 heteroatoms. The Kier molecular flexibility index (Phi) is 5.95. The van der Waals surface area contributed by atoms with Crippen molar-refractivity contribution < 1.29 is 14.3 Å². The molecule has 0 bridgehead atoms. The van der Waals surface area contributed by atoms with E-state index < -0.39 is 0 Å². The molecule has 1 aromatic heterocycles. The van der Waals surface area contributed by atoms with Crippen LogP contribution in [0.15, 0.2) is 48.8 Å². The normalized spacial score (nSPS) is 11.7. The predicted molar refractivity (Wildman–Crippen MR) is 84.9 cm³/mol. The molecule has 1 atom stereocenters. The first-order valence-electron chi connectivity index (χ1n) is 7.41. The SMILES string of the molecule is Cc1ccccc1C(C)CC(=O)OCCOc1cccnc1. The number of esters is 1. The third-order valence-corrected chi connectivity index (χ3v) is 3.44. The van der Waals surface area contributed by atoms with Crippen LogP contribution in [0.25, 0.3) is 0 Å². The molecule has 0 amide bonds. The van der Waals surface area contributed by atoms with E-state index in [1.807, 2.05) is 25.1 Å². The Bertz CT molecular complexity index is 598. The third kappa shape index (κ3) is 4.88. The molecule has 1 aromatic carbocycles. The van der Waals surface area contributed by atoms with E-state index in [9.17, 15) is 4.79 Å². The minimum atomic E-state index is -0.203. The first-order chi connectivity index (χ1) is 10.7. The van der Waals surface area contributed by atoms with Gasteiger partial charge in [-0.2, -0.15) is 0 Å². The molecular weight excluding hydrogens is 278 g/mol. The summed E-state index contributed by atoms with van der Waals surface area (Å²) in [7, 11) is 0. The second kappa shape index (κ2) is 8.17. The average Bonchev–Trinajstić information content (AvgIpc) is 2.53. The monoisotopic (exact) mass is 299 g/mol. The third-order valence-electron chi connectivity index (χ3n) is 3.44. The average molecular weight is 299 g/mol. The summed E-state index contributed by atoms with van der Waals surface area (Å²) in [6.45, 7) is 4.67. The van der Waals surface area contributed by atoms with Crippen molar-refractivity contribution in [3.8, 4) is 5.75 Å². The smallest absolute Gasteiger partial charge is 0.306 e. The Hall–Kier alpha value is -2.36. The molecule has 116 valence electrons. The fourth-order valence-electron chi connectivity index (χ4n) is 2.31.